The van der Waals surface area contributed by atoms with E-state index >= 15 is 0 Å². The summed E-state index contributed by atoms with van der Waals surface area (Å²) in [6, 6.07) is 2.96. The van der Waals surface area contributed by atoms with Crippen LogP contribution in [-0.2, 0) is 109 Å². The number of nitrogens with one attached hydrogen (secondary N) is 16. The lowest BCUT2D eigenvalue weighted by Gasteiger charge is -2.29. The molecule has 0 aliphatic heterocycles. The van der Waals surface area contributed by atoms with Crippen molar-refractivity contribution in [3.63, 3.8) is 0 Å². The number of aromatic amines is 3. The number of aldehydes is 1. The first-order valence-corrected chi connectivity index (χ1v) is 39.2. The summed E-state index contributed by atoms with van der Waals surface area (Å²) in [4.78, 5) is 233. The Kier molecular flexibility index (Phi) is 36.3. The Balaban J connectivity index is 1.18. The fourth-order valence-electron chi connectivity index (χ4n) is 13.1. The van der Waals surface area contributed by atoms with Crippen molar-refractivity contribution in [2.24, 2.45) is 29.2 Å². The molecule has 6 aromatic rings. The number of benzene rings is 3. The smallest absolute Gasteiger partial charge is 0.305 e. The van der Waals surface area contributed by atoms with Crippen LogP contribution in [0.5, 0.6) is 0 Å². The third-order valence-electron chi connectivity index (χ3n) is 19.2. The molecule has 0 saturated heterocycles. The zero-order valence-electron chi connectivity index (χ0n) is 68.5. The summed E-state index contributed by atoms with van der Waals surface area (Å²) in [7, 11) is 0. The van der Waals surface area contributed by atoms with Crippen LogP contribution in [0.2, 0.25) is 0 Å². The van der Waals surface area contributed by atoms with Crippen molar-refractivity contribution in [2.75, 3.05) is 6.54 Å². The van der Waals surface area contributed by atoms with Gasteiger partial charge in [0.25, 0.3) is 0 Å². The van der Waals surface area contributed by atoms with Gasteiger partial charge in [0.05, 0.1) is 37.1 Å². The van der Waals surface area contributed by atoms with Crippen LogP contribution in [0.15, 0.2) is 97.7 Å². The first-order valence-electron chi connectivity index (χ1n) is 39.2. The first-order chi connectivity index (χ1) is 56.1. The van der Waals surface area contributed by atoms with E-state index in [4.69, 9.17) is 11.5 Å². The van der Waals surface area contributed by atoms with E-state index in [0.717, 1.165) is 0 Å². The maximum atomic E-state index is 14.9. The summed E-state index contributed by atoms with van der Waals surface area (Å²) in [6.07, 6.45) is 1.34. The predicted octanol–water partition coefficient (Wildman–Crippen LogP) is -1.13. The molecule has 0 radical (unpaired) electrons. The van der Waals surface area contributed by atoms with Gasteiger partial charge < -0.3 is 116 Å². The molecule has 0 aliphatic rings. The lowest BCUT2D eigenvalue weighted by molar-refractivity contribution is -0.141. The Morgan fingerprint density at radius 2 is 0.908 bits per heavy atom. The van der Waals surface area contributed by atoms with Crippen LogP contribution in [0.1, 0.15) is 143 Å². The third kappa shape index (κ3) is 30.2. The molecule has 0 saturated carbocycles. The number of H-pyrrole nitrogens is 3. The Morgan fingerprint density at radius 3 is 1.39 bits per heavy atom. The summed E-state index contributed by atoms with van der Waals surface area (Å²) in [5.74, 6) is -16.5. The minimum atomic E-state index is -1.68. The quantitative estimate of drug-likeness (QED) is 0.0201. The van der Waals surface area contributed by atoms with Gasteiger partial charge in [-0.2, -0.15) is 0 Å². The number of carboxylic acids is 2. The average molecular weight is 1660 g/mol. The zero-order valence-corrected chi connectivity index (χ0v) is 68.5. The van der Waals surface area contributed by atoms with Crippen molar-refractivity contribution in [2.45, 2.75) is 231 Å². The fraction of sp³-hybridized carbons (Fsp3) is 0.494. The van der Waals surface area contributed by atoms with Crippen molar-refractivity contribution < 1.29 is 92.0 Å². The van der Waals surface area contributed by atoms with Crippen molar-refractivity contribution >= 4 is 117 Å². The van der Waals surface area contributed by atoms with Crippen LogP contribution in [0.4, 0.5) is 0 Å². The van der Waals surface area contributed by atoms with Gasteiger partial charge in [-0.15, -0.1) is 0 Å². The number of carbonyl (C=O) groups is 16. The van der Waals surface area contributed by atoms with E-state index in [9.17, 15) is 92.0 Å². The van der Waals surface area contributed by atoms with Crippen LogP contribution < -0.4 is 80.6 Å². The number of aromatic nitrogens is 4. The maximum Gasteiger partial charge on any atom is 0.305 e. The number of imidazole rings is 1. The lowest BCUT2D eigenvalue weighted by atomic mass is 9.97. The highest BCUT2D eigenvalue weighted by atomic mass is 16.4. The zero-order chi connectivity index (χ0) is 88.1. The van der Waals surface area contributed by atoms with Gasteiger partial charge in [-0.3, -0.25) is 71.9 Å². The van der Waals surface area contributed by atoms with Crippen molar-refractivity contribution in [1.29, 1.82) is 0 Å². The van der Waals surface area contributed by atoms with Gasteiger partial charge in [0.1, 0.15) is 72.7 Å². The number of fused-ring (bicyclic) bond motifs is 2. The Labute approximate surface area is 687 Å². The van der Waals surface area contributed by atoms with E-state index in [1.807, 2.05) is 0 Å². The molecule has 119 heavy (non-hydrogen) atoms. The number of aliphatic hydroxyl groups excluding tert-OH is 1. The molecular weight excluding hydrogens is 1540 g/mol. The van der Waals surface area contributed by atoms with Gasteiger partial charge in [0, 0.05) is 91.0 Å². The molecule has 38 nitrogen and oxygen atoms in total. The molecule has 0 aliphatic carbocycles. The average Bonchev–Trinajstić information content (AvgIpc) is 1.73. The summed E-state index contributed by atoms with van der Waals surface area (Å²) in [5, 5.41) is 64.8. The van der Waals surface area contributed by atoms with Gasteiger partial charge >= 0.3 is 11.9 Å². The Bertz CT molecular complexity index is 4550. The van der Waals surface area contributed by atoms with Crippen LogP contribution >= 0.6 is 0 Å². The number of carbonyl (C=O) groups excluding carboxylic acids is 14. The van der Waals surface area contributed by atoms with E-state index in [-0.39, 0.29) is 62.6 Å². The number of rotatable bonds is 48. The molecule has 3 heterocycles. The number of carboxylic acid groups (broad SMARTS) is 2. The molecule has 646 valence electrons. The largest absolute Gasteiger partial charge is 0.481 e. The number of para-hydroxylation sites is 2. The number of aliphatic carboxylic acids is 2. The number of hydrogen-bond donors (Lipinski definition) is 21. The maximum absolute atomic E-state index is 14.9. The molecule has 0 bridgehead atoms. The highest BCUT2D eigenvalue weighted by molar-refractivity contribution is 6.01. The highest BCUT2D eigenvalue weighted by Crippen LogP contribution is 2.23. The topological polar surface area (TPSA) is 602 Å². The molecule has 38 heteroatoms. The SMILES string of the molecule is CC(C)C[C@H](NC(=O)[C@H](Cc1c[nH]cn1)NC(=O)[C@H](Cc1c[nH]c2ccccc12)NC(=O)[C@H](C)NC(=O)[C@H](CC=O)NC(=O)[C@H](CC(=O)O)NC(C)(C)C)C(=O)NCC(=O)N[C@@H](CCC(=O)O)C(=O)N[C@@H](CC(C)C)C(=O)N[C@H](C(=O)N[C@@H](Cc1c[nH]c2ccccc12)C(=O)N[C@@H](Cc1ccccc1CN)C(=O)N[C@H](C(N)=O)[C@@H](C)O)C(C)C. The lowest BCUT2D eigenvalue weighted by Crippen LogP contribution is -2.61. The van der Waals surface area contributed by atoms with Crippen LogP contribution in [0.3, 0.4) is 0 Å². The molecule has 0 spiro atoms. The predicted molar refractivity (Wildman–Crippen MR) is 435 cm³/mol. The van der Waals surface area contributed by atoms with Crippen molar-refractivity contribution in [3.8, 4) is 0 Å². The molecule has 13 atom stereocenters. The molecule has 3 aromatic heterocycles. The highest BCUT2D eigenvalue weighted by Gasteiger charge is 2.39. The Morgan fingerprint density at radius 1 is 0.471 bits per heavy atom. The standard InChI is InChI=1S/C81H113N19O19/c1-41(2)28-57(93-76(115)62(33-50-38-84-40-88-50)96-74(113)60(31-48-36-85-53-22-16-14-20-51(48)53)92-70(109)44(7)89-72(111)56(26-27-101)91-79(118)63(34-66(106)107)100-81(9,10)11)71(110)87-39-64(103)90-55(24-25-65(104)105)73(112)94-58(29-42(3)4)77(116)98-67(43(5)6)80(119)97-61(32-49-37-86-54-23-17-15-21-52(49)54)75(114)95-59(30-46-18-12-13-19-47(46)35-82)78(117)99-68(45(8)102)69(83)108/h12-23,27,36-38,40-45,55-63,67-68,85-86,100,102H,24-26,28-35,39,82H2,1-11H3,(H2,83,108)(H,84,88)(H,87,110)(H,89,111)(H,90,103)(H,91,118)(H,92,109)(H,93,115)(H,94,112)(H,95,114)(H,96,113)(H,97,119)(H,98,116)(H,99,117)(H,104,105)(H,106,107)/t44-,45+,55-,56-,57-,58-,59-,60-,61-,62-,63-,67-,68-/m0/s1. The van der Waals surface area contributed by atoms with Gasteiger partial charge in [0.15, 0.2) is 0 Å². The molecule has 3 aromatic carbocycles. The minimum absolute atomic E-state index is 0.0441. The number of hydrogen-bond acceptors (Lipinski definition) is 20. The van der Waals surface area contributed by atoms with E-state index in [1.165, 1.54) is 26.4 Å². The van der Waals surface area contributed by atoms with Gasteiger partial charge in [-0.1, -0.05) is 102 Å². The minimum Gasteiger partial charge on any atom is -0.481 e. The second-order valence-electron chi connectivity index (χ2n) is 31.6. The van der Waals surface area contributed by atoms with E-state index in [2.05, 4.69) is 89.1 Å². The van der Waals surface area contributed by atoms with Crippen LogP contribution in [0.25, 0.3) is 21.8 Å². The van der Waals surface area contributed by atoms with Crippen LogP contribution in [0, 0.1) is 17.8 Å². The number of primary amides is 1. The van der Waals surface area contributed by atoms with E-state index in [0.29, 0.717) is 50.3 Å². The molecular formula is C81H113N19O19. The van der Waals surface area contributed by atoms with Gasteiger partial charge in [-0.05, 0) is 106 Å². The van der Waals surface area contributed by atoms with E-state index in [1.54, 1.807) is 148 Å². The first kappa shape index (κ1) is 95.4. The summed E-state index contributed by atoms with van der Waals surface area (Å²) >= 11 is 0. The van der Waals surface area contributed by atoms with Crippen molar-refractivity contribution in [1.82, 2.24) is 89.1 Å². The second kappa shape index (κ2) is 45.3. The number of nitrogens with zero attached hydrogens (tertiary/aromatic N) is 1. The van der Waals surface area contributed by atoms with Crippen LogP contribution in [-0.4, -0.2) is 221 Å². The third-order valence-corrected chi connectivity index (χ3v) is 19.2. The molecule has 6 rings (SSSR count). The molecule has 23 N–H and O–H groups in total. The van der Waals surface area contributed by atoms with Gasteiger partial charge in [-0.25, -0.2) is 4.98 Å². The summed E-state index contributed by atoms with van der Waals surface area (Å²) in [6.45, 7) is 16.8. The number of amides is 13. The monoisotopic (exact) mass is 1660 g/mol. The number of aliphatic hydroxyl groups is 1. The molecule has 13 amide bonds. The van der Waals surface area contributed by atoms with E-state index < -0.39 is 211 Å². The fourth-order valence-corrected chi connectivity index (χ4v) is 13.1. The Hall–Kier alpha value is -12.5. The summed E-state index contributed by atoms with van der Waals surface area (Å²) in [5.41, 5.74) is 14.7. The normalized spacial score (nSPS) is 14.8. The van der Waals surface area contributed by atoms with Gasteiger partial charge in [0.2, 0.25) is 76.8 Å². The number of nitrogens with two attached hydrogens (primary N) is 2. The molecule has 0 fully saturated rings. The summed E-state index contributed by atoms with van der Waals surface area (Å²) < 4.78 is 0. The van der Waals surface area contributed by atoms with Crippen molar-refractivity contribution in [3.05, 3.63) is 126 Å². The second-order valence-corrected chi connectivity index (χ2v) is 31.6. The molecule has 0 unspecified atom stereocenters.